The molecule has 0 radical (unpaired) electrons. The summed E-state index contributed by atoms with van der Waals surface area (Å²) >= 11 is 0. The molecule has 0 amide bonds. The first-order valence-electron chi connectivity index (χ1n) is 17.9. The van der Waals surface area contributed by atoms with E-state index in [0.29, 0.717) is 0 Å². The first-order valence-corrected chi connectivity index (χ1v) is 17.9. The van der Waals surface area contributed by atoms with E-state index in [1.165, 1.54) is 148 Å². The molecule has 2 nitrogen and oxygen atoms in total. The van der Waals surface area contributed by atoms with Crippen molar-refractivity contribution in [3.63, 3.8) is 0 Å². The number of ether oxygens (including phenoxy) is 2. The highest BCUT2D eigenvalue weighted by molar-refractivity contribution is 6.11. The fourth-order valence-corrected chi connectivity index (χ4v) is 6.22. The van der Waals surface area contributed by atoms with E-state index < -0.39 is 0 Å². The molecule has 0 aromatic heterocycles. The highest BCUT2D eigenvalue weighted by Gasteiger charge is 2.17. The van der Waals surface area contributed by atoms with Crippen LogP contribution in [0.25, 0.3) is 21.5 Å². The molecule has 3 aromatic carbocycles. The molecule has 0 bridgehead atoms. The van der Waals surface area contributed by atoms with Crippen LogP contribution in [0.2, 0.25) is 0 Å². The highest BCUT2D eigenvalue weighted by Crippen LogP contribution is 2.43. The zero-order chi connectivity index (χ0) is 29.8. The van der Waals surface area contributed by atoms with E-state index in [2.05, 4.69) is 64.1 Å². The Morgan fingerprint density at radius 1 is 0.381 bits per heavy atom. The lowest BCUT2D eigenvalue weighted by molar-refractivity contribution is 0.306. The normalized spacial score (nSPS) is 11.5. The number of hydrogen-bond acceptors (Lipinski definition) is 2. The molecule has 0 unspecified atom stereocenters. The Labute approximate surface area is 259 Å². The molecule has 0 N–H and O–H groups in total. The van der Waals surface area contributed by atoms with Crippen molar-refractivity contribution >= 4 is 21.5 Å². The van der Waals surface area contributed by atoms with Crippen molar-refractivity contribution in [3.8, 4) is 11.5 Å². The Kier molecular flexibility index (Phi) is 16.8. The van der Waals surface area contributed by atoms with Gasteiger partial charge in [-0.25, -0.2) is 0 Å². The Bertz CT molecular complexity index is 1080. The highest BCUT2D eigenvalue weighted by atomic mass is 16.5. The van der Waals surface area contributed by atoms with E-state index in [9.17, 15) is 0 Å². The molecule has 3 aromatic rings. The van der Waals surface area contributed by atoms with Crippen molar-refractivity contribution in [2.24, 2.45) is 0 Å². The average molecular weight is 575 g/mol. The molecular weight excluding hydrogens is 512 g/mol. The minimum Gasteiger partial charge on any atom is -0.492 e. The second kappa shape index (κ2) is 20.6. The summed E-state index contributed by atoms with van der Waals surface area (Å²) in [6.07, 6.45) is 26.8. The van der Waals surface area contributed by atoms with Crippen LogP contribution in [-0.2, 0) is 0 Å². The number of hydrogen-bond donors (Lipinski definition) is 0. The summed E-state index contributed by atoms with van der Waals surface area (Å²) in [6.45, 7) is 10.5. The molecule has 42 heavy (non-hydrogen) atoms. The zero-order valence-corrected chi connectivity index (χ0v) is 27.8. The maximum atomic E-state index is 6.63. The van der Waals surface area contributed by atoms with Gasteiger partial charge in [0.15, 0.2) is 0 Å². The second-order valence-corrected chi connectivity index (χ2v) is 12.8. The molecule has 0 saturated heterocycles. The molecule has 0 aliphatic heterocycles. The maximum Gasteiger partial charge on any atom is 0.135 e. The smallest absolute Gasteiger partial charge is 0.135 e. The van der Waals surface area contributed by atoms with Crippen LogP contribution in [-0.4, -0.2) is 13.2 Å². The van der Waals surface area contributed by atoms with Crippen LogP contribution in [0.4, 0.5) is 0 Å². The van der Waals surface area contributed by atoms with Gasteiger partial charge in [-0.1, -0.05) is 165 Å². The van der Waals surface area contributed by atoms with Crippen LogP contribution >= 0.6 is 0 Å². The first-order chi connectivity index (χ1) is 20.7. The van der Waals surface area contributed by atoms with E-state index in [-0.39, 0.29) is 0 Å². The topological polar surface area (TPSA) is 18.5 Å². The molecule has 0 saturated carbocycles. The summed E-state index contributed by atoms with van der Waals surface area (Å²) in [4.78, 5) is 0. The predicted octanol–water partition coefficient (Wildman–Crippen LogP) is 13.2. The van der Waals surface area contributed by atoms with Crippen molar-refractivity contribution in [1.82, 2.24) is 0 Å². The van der Waals surface area contributed by atoms with Gasteiger partial charge in [0.05, 0.1) is 13.2 Å². The average Bonchev–Trinajstić information content (AvgIpc) is 2.99. The van der Waals surface area contributed by atoms with E-state index in [4.69, 9.17) is 9.47 Å². The zero-order valence-electron chi connectivity index (χ0n) is 27.8. The van der Waals surface area contributed by atoms with Crippen LogP contribution in [0.15, 0.2) is 36.4 Å². The summed E-state index contributed by atoms with van der Waals surface area (Å²) in [5.41, 5.74) is 2.53. The number of rotatable bonds is 24. The van der Waals surface area contributed by atoms with Crippen molar-refractivity contribution in [3.05, 3.63) is 47.5 Å². The van der Waals surface area contributed by atoms with Gasteiger partial charge in [-0.2, -0.15) is 0 Å². The van der Waals surface area contributed by atoms with Gasteiger partial charge >= 0.3 is 0 Å². The monoisotopic (exact) mass is 574 g/mol. The second-order valence-electron chi connectivity index (χ2n) is 12.8. The van der Waals surface area contributed by atoms with Crippen LogP contribution < -0.4 is 9.47 Å². The van der Waals surface area contributed by atoms with Crippen LogP contribution in [0.1, 0.15) is 153 Å². The SMILES string of the molecule is CCCCCCCCCCCCOc1c2ccc(C)cc2c(OCCCCCCCCCCCC)c2cc(C)ccc12. The minimum atomic E-state index is 0.779. The van der Waals surface area contributed by atoms with E-state index in [1.807, 2.05) is 0 Å². The van der Waals surface area contributed by atoms with Gasteiger partial charge in [0, 0.05) is 21.5 Å². The van der Waals surface area contributed by atoms with E-state index in [1.54, 1.807) is 0 Å². The third-order valence-corrected chi connectivity index (χ3v) is 8.82. The Hall–Kier alpha value is -2.22. The van der Waals surface area contributed by atoms with Gasteiger partial charge in [0.1, 0.15) is 11.5 Å². The summed E-state index contributed by atoms with van der Waals surface area (Å²) < 4.78 is 13.2. The van der Waals surface area contributed by atoms with Crippen molar-refractivity contribution in [1.29, 1.82) is 0 Å². The molecule has 3 rings (SSSR count). The fraction of sp³-hybridized carbons (Fsp3) is 0.650. The Morgan fingerprint density at radius 2 is 0.690 bits per heavy atom. The Morgan fingerprint density at radius 3 is 1.05 bits per heavy atom. The van der Waals surface area contributed by atoms with Gasteiger partial charge in [-0.15, -0.1) is 0 Å². The van der Waals surface area contributed by atoms with Crippen molar-refractivity contribution in [2.75, 3.05) is 13.2 Å². The predicted molar refractivity (Wildman–Crippen MR) is 186 cm³/mol. The molecule has 2 heteroatoms. The summed E-state index contributed by atoms with van der Waals surface area (Å²) in [5, 5.41) is 4.75. The Balaban J connectivity index is 1.56. The lowest BCUT2D eigenvalue weighted by Crippen LogP contribution is -2.03. The van der Waals surface area contributed by atoms with Gasteiger partial charge in [-0.3, -0.25) is 0 Å². The number of fused-ring (bicyclic) bond motifs is 2. The van der Waals surface area contributed by atoms with Crippen LogP contribution in [0.5, 0.6) is 11.5 Å². The number of aryl methyl sites for hydroxylation is 2. The van der Waals surface area contributed by atoms with E-state index >= 15 is 0 Å². The van der Waals surface area contributed by atoms with Crippen LogP contribution in [0, 0.1) is 13.8 Å². The van der Waals surface area contributed by atoms with Gasteiger partial charge < -0.3 is 9.47 Å². The van der Waals surface area contributed by atoms with Gasteiger partial charge in [-0.05, 0) is 38.8 Å². The fourth-order valence-electron chi connectivity index (χ4n) is 6.22. The van der Waals surface area contributed by atoms with Gasteiger partial charge in [0.25, 0.3) is 0 Å². The summed E-state index contributed by atoms with van der Waals surface area (Å²) in [7, 11) is 0. The number of benzene rings is 3. The lowest BCUT2D eigenvalue weighted by atomic mass is 9.97. The molecule has 0 atom stereocenters. The quantitative estimate of drug-likeness (QED) is 0.0782. The molecule has 0 aliphatic rings. The molecule has 0 fully saturated rings. The van der Waals surface area contributed by atoms with Crippen molar-refractivity contribution < 1.29 is 9.47 Å². The number of unbranched alkanes of at least 4 members (excludes halogenated alkanes) is 18. The third kappa shape index (κ3) is 11.8. The summed E-state index contributed by atoms with van der Waals surface area (Å²) in [5.74, 6) is 2.07. The maximum absolute atomic E-state index is 6.63. The van der Waals surface area contributed by atoms with Crippen LogP contribution in [0.3, 0.4) is 0 Å². The minimum absolute atomic E-state index is 0.779. The third-order valence-electron chi connectivity index (χ3n) is 8.82. The molecular formula is C40H62O2. The molecule has 0 aliphatic carbocycles. The van der Waals surface area contributed by atoms with Crippen molar-refractivity contribution in [2.45, 2.75) is 156 Å². The molecule has 0 spiro atoms. The standard InChI is InChI=1S/C40H62O2/c1-5-7-9-11-13-15-17-19-21-23-29-41-39-35-27-25-33(3)31-37(35)40(38-32-34(4)26-28-36(38)39)42-30-24-22-20-18-16-14-12-10-8-6-2/h25-28,31-32H,5-24,29-30H2,1-4H3. The molecule has 0 heterocycles. The summed E-state index contributed by atoms with van der Waals surface area (Å²) in [6, 6.07) is 13.5. The first kappa shape index (κ1) is 34.3. The van der Waals surface area contributed by atoms with E-state index in [0.717, 1.165) is 37.6 Å². The molecule has 234 valence electrons. The van der Waals surface area contributed by atoms with Gasteiger partial charge in [0.2, 0.25) is 0 Å². The largest absolute Gasteiger partial charge is 0.492 e. The lowest BCUT2D eigenvalue weighted by Gasteiger charge is -2.19.